The molecule has 1 saturated heterocycles. The number of aliphatic hydroxyl groups excluding tert-OH is 3. The molecule has 2 unspecified atom stereocenters. The summed E-state index contributed by atoms with van der Waals surface area (Å²) in [5.74, 6) is -2.09. The van der Waals surface area contributed by atoms with E-state index in [1.54, 1.807) is 0 Å². The van der Waals surface area contributed by atoms with Gasteiger partial charge in [-0.1, -0.05) is 171 Å². The monoisotopic (exact) mass is 883 g/mol. The molecule has 1 fully saturated rings. The highest BCUT2D eigenvalue weighted by Gasteiger charge is 2.46. The van der Waals surface area contributed by atoms with Crippen molar-refractivity contribution in [3.8, 4) is 0 Å². The first-order valence-corrected chi connectivity index (χ1v) is 25.0. The zero-order valence-electron chi connectivity index (χ0n) is 37.5. The number of hydrogen-bond donors (Lipinski definition) is 4. The van der Waals surface area contributed by atoms with Crippen molar-refractivity contribution in [1.82, 2.24) is 0 Å². The van der Waals surface area contributed by atoms with Crippen LogP contribution in [-0.4, -0.2) is 96.0 Å². The highest BCUT2D eigenvalue weighted by atomic mass is 32.2. The van der Waals surface area contributed by atoms with Crippen molar-refractivity contribution in [1.29, 1.82) is 0 Å². The van der Waals surface area contributed by atoms with Gasteiger partial charge in [0.1, 0.15) is 36.8 Å². The van der Waals surface area contributed by atoms with Gasteiger partial charge < -0.3 is 34.3 Å². The van der Waals surface area contributed by atoms with Gasteiger partial charge in [0.2, 0.25) is 0 Å². The molecule has 0 radical (unpaired) electrons. The van der Waals surface area contributed by atoms with E-state index in [0.717, 1.165) is 51.4 Å². The van der Waals surface area contributed by atoms with Crippen molar-refractivity contribution >= 4 is 22.1 Å². The molecule has 1 aliphatic heterocycles. The van der Waals surface area contributed by atoms with E-state index in [4.69, 9.17) is 18.9 Å². The van der Waals surface area contributed by atoms with Gasteiger partial charge in [-0.3, -0.25) is 14.1 Å². The minimum Gasteiger partial charge on any atom is -0.462 e. The summed E-state index contributed by atoms with van der Waals surface area (Å²) in [4.78, 5) is 25.4. The third-order valence-electron chi connectivity index (χ3n) is 10.4. The first-order valence-electron chi connectivity index (χ1n) is 23.3. The standard InChI is InChI=1S/C48H82O12S/c1-3-5-7-9-11-13-15-17-19-20-21-22-23-25-26-28-30-32-34-36-43(49)57-38-41(39-58-48-47(53)46(52)45(51)42(60-48)40-61(54,55)56)59-44(50)37-35-33-31-29-27-24-18-16-14-12-10-8-6-4-2/h11,13,17,19,21-22,25-26,30,32,41-42,45-48,51-53H,3-10,12,14-16,18,20,23-24,27-29,31,33-40H2,1-2H3,(H,54,55,56)/b13-11+,19-17+,22-21+,26-25+,32-30+/t41-,42-,45-,46?,47?,48+/m1/s1. The van der Waals surface area contributed by atoms with E-state index in [0.29, 0.717) is 12.8 Å². The van der Waals surface area contributed by atoms with Gasteiger partial charge >= 0.3 is 11.9 Å². The lowest BCUT2D eigenvalue weighted by Gasteiger charge is -2.40. The van der Waals surface area contributed by atoms with Crippen LogP contribution in [0.25, 0.3) is 0 Å². The first kappa shape index (κ1) is 56.4. The van der Waals surface area contributed by atoms with Crippen LogP contribution in [0.5, 0.6) is 0 Å². The van der Waals surface area contributed by atoms with Crippen molar-refractivity contribution in [3.05, 3.63) is 60.8 Å². The van der Waals surface area contributed by atoms with Crippen LogP contribution in [0.15, 0.2) is 60.8 Å². The van der Waals surface area contributed by atoms with E-state index in [1.165, 1.54) is 83.5 Å². The Labute approximate surface area is 368 Å². The molecule has 4 N–H and O–H groups in total. The maximum atomic E-state index is 12.8. The zero-order valence-corrected chi connectivity index (χ0v) is 38.3. The number of ether oxygens (including phenoxy) is 4. The van der Waals surface area contributed by atoms with Crippen molar-refractivity contribution < 1.29 is 56.8 Å². The van der Waals surface area contributed by atoms with Crippen molar-refractivity contribution in [2.24, 2.45) is 0 Å². The SMILES string of the molecule is CCCCC/C=C/C/C=C/C/C=C/C/C=C/C/C=C/CCC(=O)OC[C@H](CO[C@H]1O[C@H](CS(=O)(=O)O)[C@@H](O)C(O)C1O)OC(=O)CCCCCCCCCCCCCCCC. The Morgan fingerprint density at radius 3 is 1.52 bits per heavy atom. The Balaban J connectivity index is 2.49. The van der Waals surface area contributed by atoms with Gasteiger partial charge in [-0.15, -0.1) is 0 Å². The molecule has 1 heterocycles. The molecule has 13 heteroatoms. The number of allylic oxidation sites excluding steroid dienone is 10. The lowest BCUT2D eigenvalue weighted by molar-refractivity contribution is -0.297. The summed E-state index contributed by atoms with van der Waals surface area (Å²) in [6.45, 7) is 3.67. The van der Waals surface area contributed by atoms with Crippen LogP contribution in [0, 0.1) is 0 Å². The average molecular weight is 883 g/mol. The highest BCUT2D eigenvalue weighted by Crippen LogP contribution is 2.24. The predicted molar refractivity (Wildman–Crippen MR) is 242 cm³/mol. The topological polar surface area (TPSA) is 186 Å². The van der Waals surface area contributed by atoms with Crippen LogP contribution in [0.4, 0.5) is 0 Å². The Morgan fingerprint density at radius 1 is 0.557 bits per heavy atom. The number of esters is 2. The third kappa shape index (κ3) is 32.7. The number of carbonyl (C=O) groups is 2. The Kier molecular flexibility index (Phi) is 35.0. The van der Waals surface area contributed by atoms with Gasteiger partial charge in [-0.05, 0) is 51.4 Å². The second-order valence-corrected chi connectivity index (χ2v) is 17.6. The Morgan fingerprint density at radius 2 is 1.02 bits per heavy atom. The van der Waals surface area contributed by atoms with Gasteiger partial charge in [-0.2, -0.15) is 8.42 Å². The maximum absolute atomic E-state index is 12.8. The molecule has 1 rings (SSSR count). The van der Waals surface area contributed by atoms with Crippen LogP contribution in [-0.2, 0) is 38.7 Å². The molecule has 0 spiro atoms. The molecule has 0 aliphatic carbocycles. The van der Waals surface area contributed by atoms with E-state index < -0.39 is 71.2 Å². The summed E-state index contributed by atoms with van der Waals surface area (Å²) in [7, 11) is -4.61. The normalized spacial score (nSPS) is 20.5. The molecular formula is C48H82O12S. The van der Waals surface area contributed by atoms with Crippen LogP contribution < -0.4 is 0 Å². The molecule has 0 bridgehead atoms. The third-order valence-corrected chi connectivity index (χ3v) is 11.1. The van der Waals surface area contributed by atoms with Crippen molar-refractivity contribution in [2.75, 3.05) is 19.0 Å². The van der Waals surface area contributed by atoms with Crippen LogP contribution in [0.3, 0.4) is 0 Å². The van der Waals surface area contributed by atoms with E-state index in [-0.39, 0.29) is 19.4 Å². The smallest absolute Gasteiger partial charge is 0.306 e. The minimum atomic E-state index is -4.61. The van der Waals surface area contributed by atoms with Crippen molar-refractivity contribution in [2.45, 2.75) is 211 Å². The molecule has 6 atom stereocenters. The average Bonchev–Trinajstić information content (AvgIpc) is 3.22. The van der Waals surface area contributed by atoms with Crippen LogP contribution in [0.2, 0.25) is 0 Å². The van der Waals surface area contributed by atoms with E-state index in [2.05, 4.69) is 62.5 Å². The fourth-order valence-corrected chi connectivity index (χ4v) is 7.41. The molecule has 0 aromatic heterocycles. The maximum Gasteiger partial charge on any atom is 0.306 e. The van der Waals surface area contributed by atoms with Gasteiger partial charge in [0.05, 0.1) is 6.61 Å². The molecule has 1 aliphatic rings. The zero-order chi connectivity index (χ0) is 44.8. The molecule has 0 amide bonds. The quantitative estimate of drug-likeness (QED) is 0.0199. The fourth-order valence-electron chi connectivity index (χ4n) is 6.72. The van der Waals surface area contributed by atoms with Gasteiger partial charge in [0, 0.05) is 12.8 Å². The summed E-state index contributed by atoms with van der Waals surface area (Å²) in [5, 5.41) is 30.9. The Hall–Kier alpha value is -2.65. The first-order chi connectivity index (χ1) is 29.5. The largest absolute Gasteiger partial charge is 0.462 e. The summed E-state index contributed by atoms with van der Waals surface area (Å²) in [5.41, 5.74) is 0. The number of aliphatic hydroxyl groups is 3. The van der Waals surface area contributed by atoms with Gasteiger partial charge in [0.15, 0.2) is 12.4 Å². The predicted octanol–water partition coefficient (Wildman–Crippen LogP) is 9.73. The molecule has 352 valence electrons. The summed E-state index contributed by atoms with van der Waals surface area (Å²) in [6, 6.07) is 0. The fraction of sp³-hybridized carbons (Fsp3) is 0.750. The second-order valence-electron chi connectivity index (χ2n) is 16.1. The number of unbranched alkanes of at least 4 members (excludes halogenated alkanes) is 16. The van der Waals surface area contributed by atoms with E-state index in [1.807, 2.05) is 12.2 Å². The number of hydrogen-bond acceptors (Lipinski definition) is 11. The van der Waals surface area contributed by atoms with Crippen molar-refractivity contribution in [3.63, 3.8) is 0 Å². The molecule has 0 saturated carbocycles. The lowest BCUT2D eigenvalue weighted by Crippen LogP contribution is -2.60. The molecule has 61 heavy (non-hydrogen) atoms. The van der Waals surface area contributed by atoms with Crippen LogP contribution in [0.1, 0.15) is 174 Å². The van der Waals surface area contributed by atoms with Gasteiger partial charge in [0.25, 0.3) is 10.1 Å². The van der Waals surface area contributed by atoms with E-state index in [9.17, 15) is 37.9 Å². The number of rotatable bonds is 38. The van der Waals surface area contributed by atoms with E-state index >= 15 is 0 Å². The summed E-state index contributed by atoms with van der Waals surface area (Å²) in [6.07, 6.45) is 37.0. The van der Waals surface area contributed by atoms with Gasteiger partial charge in [-0.25, -0.2) is 0 Å². The Bertz CT molecular complexity index is 1360. The molecular weight excluding hydrogens is 801 g/mol. The van der Waals surface area contributed by atoms with Crippen LogP contribution >= 0.6 is 0 Å². The molecule has 12 nitrogen and oxygen atoms in total. The number of carbonyl (C=O) groups excluding carboxylic acids is 2. The highest BCUT2D eigenvalue weighted by molar-refractivity contribution is 7.85. The molecule has 0 aromatic carbocycles. The summed E-state index contributed by atoms with van der Waals surface area (Å²) < 4.78 is 54.0. The second kappa shape index (κ2) is 37.9. The molecule has 0 aromatic rings. The summed E-state index contributed by atoms with van der Waals surface area (Å²) >= 11 is 0. The lowest BCUT2D eigenvalue weighted by atomic mass is 10.00. The minimum absolute atomic E-state index is 0.0948.